The summed E-state index contributed by atoms with van der Waals surface area (Å²) in [4.78, 5) is 0. The lowest BCUT2D eigenvalue weighted by atomic mass is 9.99. The van der Waals surface area contributed by atoms with Gasteiger partial charge < -0.3 is 5.32 Å². The molecule has 1 nitrogen and oxygen atoms in total. The van der Waals surface area contributed by atoms with Gasteiger partial charge in [0, 0.05) is 10.7 Å². The van der Waals surface area contributed by atoms with Crippen LogP contribution < -0.4 is 5.32 Å². The molecule has 2 aliphatic carbocycles. The van der Waals surface area contributed by atoms with E-state index in [-0.39, 0.29) is 0 Å². The average molecular weight is 285 g/mol. The van der Waals surface area contributed by atoms with E-state index in [2.05, 4.69) is 42.0 Å². The first-order valence-corrected chi connectivity index (χ1v) is 8.89. The van der Waals surface area contributed by atoms with E-state index in [1.807, 2.05) is 11.3 Å². The number of likely N-dealkylation sites (N-methyl/N-ethyl adjacent to an activating group) is 1. The van der Waals surface area contributed by atoms with Crippen LogP contribution in [-0.4, -0.2) is 13.1 Å². The molecule has 2 saturated carbocycles. The first-order chi connectivity index (χ1) is 9.88. The molecule has 0 aliphatic heterocycles. The zero-order valence-corrected chi connectivity index (χ0v) is 13.0. The van der Waals surface area contributed by atoms with Crippen molar-refractivity contribution in [1.29, 1.82) is 0 Å². The van der Waals surface area contributed by atoms with Crippen molar-refractivity contribution in [2.45, 2.75) is 38.1 Å². The summed E-state index contributed by atoms with van der Waals surface area (Å²) in [6, 6.07) is 9.53. The van der Waals surface area contributed by atoms with E-state index in [0.717, 1.165) is 17.8 Å². The van der Waals surface area contributed by atoms with Gasteiger partial charge in [0.15, 0.2) is 0 Å². The second kappa shape index (κ2) is 5.16. The molecule has 3 atom stereocenters. The van der Waals surface area contributed by atoms with Crippen molar-refractivity contribution in [3.05, 3.63) is 35.2 Å². The number of fused-ring (bicyclic) bond motifs is 2. The number of benzene rings is 1. The standard InChI is InChI=1S/C18H23NS/c1-19-16(18-14-7-2-3-8-15(14)18)10-12-11-20-17-9-5-4-6-13(12)17/h4-6,9,11,14-16,18-19H,2-3,7-8,10H2,1H3. The number of thiophene rings is 1. The lowest BCUT2D eigenvalue weighted by Crippen LogP contribution is -2.31. The number of hydrogen-bond donors (Lipinski definition) is 1. The van der Waals surface area contributed by atoms with Crippen LogP contribution in [0.1, 0.15) is 31.2 Å². The summed E-state index contributed by atoms with van der Waals surface area (Å²) in [5.41, 5.74) is 1.55. The Morgan fingerprint density at radius 2 is 1.95 bits per heavy atom. The van der Waals surface area contributed by atoms with Gasteiger partial charge >= 0.3 is 0 Å². The van der Waals surface area contributed by atoms with E-state index < -0.39 is 0 Å². The van der Waals surface area contributed by atoms with Crippen molar-refractivity contribution >= 4 is 21.4 Å². The van der Waals surface area contributed by atoms with Gasteiger partial charge in [-0.05, 0) is 66.5 Å². The van der Waals surface area contributed by atoms with E-state index in [4.69, 9.17) is 0 Å². The maximum absolute atomic E-state index is 3.63. The fourth-order valence-electron chi connectivity index (χ4n) is 4.50. The van der Waals surface area contributed by atoms with Crippen LogP contribution in [-0.2, 0) is 6.42 Å². The van der Waals surface area contributed by atoms with Crippen molar-refractivity contribution in [1.82, 2.24) is 5.32 Å². The normalized spacial score (nSPS) is 30.1. The third-order valence-electron chi connectivity index (χ3n) is 5.56. The van der Waals surface area contributed by atoms with Gasteiger partial charge in [-0.15, -0.1) is 11.3 Å². The van der Waals surface area contributed by atoms with Gasteiger partial charge in [0.05, 0.1) is 0 Å². The van der Waals surface area contributed by atoms with Gasteiger partial charge in [-0.3, -0.25) is 0 Å². The molecule has 2 fully saturated rings. The molecule has 1 heterocycles. The highest BCUT2D eigenvalue weighted by atomic mass is 32.1. The number of hydrogen-bond acceptors (Lipinski definition) is 2. The lowest BCUT2D eigenvalue weighted by Gasteiger charge is -2.16. The third-order valence-corrected chi connectivity index (χ3v) is 6.57. The smallest absolute Gasteiger partial charge is 0.0345 e. The molecule has 4 rings (SSSR count). The van der Waals surface area contributed by atoms with Crippen LogP contribution in [0.4, 0.5) is 0 Å². The summed E-state index contributed by atoms with van der Waals surface area (Å²) < 4.78 is 1.44. The molecule has 2 heteroatoms. The van der Waals surface area contributed by atoms with Crippen molar-refractivity contribution in [2.75, 3.05) is 7.05 Å². The minimum Gasteiger partial charge on any atom is -0.316 e. The van der Waals surface area contributed by atoms with Gasteiger partial charge in [-0.2, -0.15) is 0 Å². The Morgan fingerprint density at radius 1 is 1.20 bits per heavy atom. The molecule has 1 N–H and O–H groups in total. The fourth-order valence-corrected chi connectivity index (χ4v) is 5.48. The van der Waals surface area contributed by atoms with Crippen LogP contribution in [0.2, 0.25) is 0 Å². The van der Waals surface area contributed by atoms with Gasteiger partial charge in [0.25, 0.3) is 0 Å². The second-order valence-electron chi connectivity index (χ2n) is 6.55. The summed E-state index contributed by atoms with van der Waals surface area (Å²) in [6.45, 7) is 0. The van der Waals surface area contributed by atoms with Crippen LogP contribution in [0.25, 0.3) is 10.1 Å². The highest BCUT2D eigenvalue weighted by Crippen LogP contribution is 2.57. The third kappa shape index (κ3) is 2.10. The molecular weight excluding hydrogens is 262 g/mol. The lowest BCUT2D eigenvalue weighted by molar-refractivity contribution is 0.461. The predicted octanol–water partition coefficient (Wildman–Crippen LogP) is 4.47. The maximum Gasteiger partial charge on any atom is 0.0345 e. The van der Waals surface area contributed by atoms with E-state index in [1.165, 1.54) is 42.2 Å². The van der Waals surface area contributed by atoms with Gasteiger partial charge in [-0.25, -0.2) is 0 Å². The Morgan fingerprint density at radius 3 is 2.70 bits per heavy atom. The maximum atomic E-state index is 3.63. The summed E-state index contributed by atoms with van der Waals surface area (Å²) >= 11 is 1.90. The average Bonchev–Trinajstić information content (AvgIpc) is 3.09. The largest absolute Gasteiger partial charge is 0.316 e. The van der Waals surface area contributed by atoms with Crippen LogP contribution in [0, 0.1) is 17.8 Å². The van der Waals surface area contributed by atoms with Crippen molar-refractivity contribution < 1.29 is 0 Å². The van der Waals surface area contributed by atoms with Crippen LogP contribution in [0.15, 0.2) is 29.6 Å². The molecule has 106 valence electrons. The molecule has 0 bridgehead atoms. The van der Waals surface area contributed by atoms with Gasteiger partial charge in [0.2, 0.25) is 0 Å². The number of rotatable bonds is 4. The van der Waals surface area contributed by atoms with E-state index in [0.29, 0.717) is 6.04 Å². The first-order valence-electron chi connectivity index (χ1n) is 8.01. The predicted molar refractivity (Wildman–Crippen MR) is 87.3 cm³/mol. The Balaban J connectivity index is 1.55. The summed E-state index contributed by atoms with van der Waals surface area (Å²) in [5, 5.41) is 7.48. The Hall–Kier alpha value is -0.860. The number of nitrogens with one attached hydrogen (secondary N) is 1. The van der Waals surface area contributed by atoms with Crippen molar-refractivity contribution in [3.8, 4) is 0 Å². The quantitative estimate of drug-likeness (QED) is 0.874. The molecule has 0 amide bonds. The van der Waals surface area contributed by atoms with Gasteiger partial charge in [0.1, 0.15) is 0 Å². The zero-order chi connectivity index (χ0) is 13.5. The van der Waals surface area contributed by atoms with Crippen LogP contribution in [0.3, 0.4) is 0 Å². The molecule has 0 spiro atoms. The minimum absolute atomic E-state index is 0.682. The van der Waals surface area contributed by atoms with E-state index in [1.54, 1.807) is 5.56 Å². The molecule has 0 radical (unpaired) electrons. The van der Waals surface area contributed by atoms with Crippen LogP contribution in [0.5, 0.6) is 0 Å². The van der Waals surface area contributed by atoms with E-state index >= 15 is 0 Å². The fraction of sp³-hybridized carbons (Fsp3) is 0.556. The second-order valence-corrected chi connectivity index (χ2v) is 7.46. The Bertz CT molecular complexity index is 590. The van der Waals surface area contributed by atoms with Gasteiger partial charge in [-0.1, -0.05) is 31.0 Å². The van der Waals surface area contributed by atoms with E-state index in [9.17, 15) is 0 Å². The molecule has 3 unspecified atom stereocenters. The van der Waals surface area contributed by atoms with Crippen LogP contribution >= 0.6 is 11.3 Å². The van der Waals surface area contributed by atoms with Crippen molar-refractivity contribution in [3.63, 3.8) is 0 Å². The SMILES string of the molecule is CNC(Cc1csc2ccccc12)C1C2CCCCC21. The molecule has 20 heavy (non-hydrogen) atoms. The molecule has 2 aromatic rings. The Labute approximate surface area is 125 Å². The molecule has 1 aromatic carbocycles. The molecular formula is C18H23NS. The Kier molecular flexibility index (Phi) is 3.31. The topological polar surface area (TPSA) is 12.0 Å². The molecule has 1 aromatic heterocycles. The monoisotopic (exact) mass is 285 g/mol. The summed E-state index contributed by atoms with van der Waals surface area (Å²) in [5.74, 6) is 3.01. The zero-order valence-electron chi connectivity index (χ0n) is 12.1. The minimum atomic E-state index is 0.682. The highest BCUT2D eigenvalue weighted by molar-refractivity contribution is 7.17. The first kappa shape index (κ1) is 12.8. The van der Waals surface area contributed by atoms with Crippen molar-refractivity contribution in [2.24, 2.45) is 17.8 Å². The molecule has 0 saturated heterocycles. The summed E-state index contributed by atoms with van der Waals surface area (Å²) in [7, 11) is 2.16. The molecule has 2 aliphatic rings. The highest BCUT2D eigenvalue weighted by Gasteiger charge is 2.53. The summed E-state index contributed by atoms with van der Waals surface area (Å²) in [6.07, 6.45) is 7.11.